The van der Waals surface area contributed by atoms with Crippen LogP contribution in [0.3, 0.4) is 0 Å². The Morgan fingerprint density at radius 1 is 0.475 bits per heavy atom. The van der Waals surface area contributed by atoms with Crippen molar-refractivity contribution >= 4 is 36.7 Å². The predicted octanol–water partition coefficient (Wildman–Crippen LogP) is 8.31. The van der Waals surface area contributed by atoms with E-state index in [0.29, 0.717) is 13.2 Å². The average molecular weight is 612 g/mol. The van der Waals surface area contributed by atoms with Gasteiger partial charge in [0.05, 0.1) is 0 Å². The van der Waals surface area contributed by atoms with Crippen LogP contribution in [0.25, 0.3) is 0 Å². The second-order valence-corrected chi connectivity index (χ2v) is 19.1. The first-order valence-electron chi connectivity index (χ1n) is 14.0. The number of hydrogen-bond acceptors (Lipinski definition) is 2. The van der Waals surface area contributed by atoms with Crippen LogP contribution in [0.2, 0.25) is 0 Å². The molecule has 0 aromatic heterocycles. The monoisotopic (exact) mass is 610 g/mol. The van der Waals surface area contributed by atoms with E-state index in [1.807, 2.05) is 30.3 Å². The molecule has 0 bridgehead atoms. The third kappa shape index (κ3) is 6.33. The minimum atomic E-state index is -2.95. The fraction of sp³-hybridized carbons (Fsp3) is 0.167. The number of ether oxygens (including phenoxy) is 2. The summed E-state index contributed by atoms with van der Waals surface area (Å²) < 4.78 is 12.0. The molecular weight excluding hydrogens is 575 g/mol. The van der Waals surface area contributed by atoms with Crippen LogP contribution < -0.4 is 25.4 Å². The maximum atomic E-state index is 6.15. The number of halogens is 1. The molecule has 2 nitrogen and oxygen atoms in total. The molecule has 0 saturated heterocycles. The predicted molar refractivity (Wildman–Crippen MR) is 176 cm³/mol. The van der Waals surface area contributed by atoms with Crippen LogP contribution in [0.15, 0.2) is 146 Å². The van der Waals surface area contributed by atoms with Crippen molar-refractivity contribution in [2.75, 3.05) is 19.4 Å². The molecule has 0 spiro atoms. The Bertz CT molecular complexity index is 1360. The van der Waals surface area contributed by atoms with Crippen molar-refractivity contribution in [2.24, 2.45) is 0 Å². The molecule has 0 N–H and O–H groups in total. The summed E-state index contributed by atoms with van der Waals surface area (Å²) in [6.07, 6.45) is 3.79. The van der Waals surface area contributed by atoms with Gasteiger partial charge in [0.15, 0.2) is 0 Å². The van der Waals surface area contributed by atoms with Crippen molar-refractivity contribution < 1.29 is 9.47 Å². The molecule has 4 heteroatoms. The van der Waals surface area contributed by atoms with Gasteiger partial charge >= 0.3 is 217 Å². The summed E-state index contributed by atoms with van der Waals surface area (Å²) in [4.78, 5) is 0. The van der Waals surface area contributed by atoms with Crippen molar-refractivity contribution in [2.45, 2.75) is 19.3 Å². The van der Waals surface area contributed by atoms with Gasteiger partial charge in [-0.15, -0.1) is 0 Å². The molecule has 5 aromatic carbocycles. The van der Waals surface area contributed by atoms with Gasteiger partial charge in [-0.3, -0.25) is 0 Å². The van der Waals surface area contributed by atoms with Crippen molar-refractivity contribution in [3.05, 3.63) is 151 Å². The topological polar surface area (TPSA) is 18.5 Å². The first kappa shape index (κ1) is 28.1. The molecule has 0 saturated carbocycles. The van der Waals surface area contributed by atoms with Crippen molar-refractivity contribution in [1.82, 2.24) is 0 Å². The third-order valence-corrected chi connectivity index (χ3v) is 17.4. The summed E-state index contributed by atoms with van der Waals surface area (Å²) in [5.74, 6) is 1.84. The van der Waals surface area contributed by atoms with Gasteiger partial charge in [-0.1, -0.05) is 18.2 Å². The van der Waals surface area contributed by atoms with Crippen LogP contribution in [0, 0.1) is 0 Å². The normalized spacial score (nSPS) is 12.3. The van der Waals surface area contributed by atoms with E-state index >= 15 is 0 Å². The average Bonchev–Trinajstić information content (AvgIpc) is 3.04. The van der Waals surface area contributed by atoms with E-state index in [4.69, 9.17) is 9.47 Å². The van der Waals surface area contributed by atoms with Gasteiger partial charge in [-0.05, 0) is 12.1 Å². The van der Waals surface area contributed by atoms with E-state index < -0.39 is 5.31 Å². The molecule has 5 rings (SSSR count). The van der Waals surface area contributed by atoms with E-state index in [9.17, 15) is 0 Å². The summed E-state index contributed by atoms with van der Waals surface area (Å²) in [6.45, 7) is 1.38. The molecular formula is C36H36BrO2P. The van der Waals surface area contributed by atoms with Gasteiger partial charge in [-0.25, -0.2) is 0 Å². The number of hydrogen-bond donors (Lipinski definition) is 0. The fourth-order valence-electron chi connectivity index (χ4n) is 5.28. The van der Waals surface area contributed by atoms with E-state index in [1.165, 1.54) is 21.5 Å². The van der Waals surface area contributed by atoms with E-state index in [-0.39, 0.29) is 0 Å². The Morgan fingerprint density at radius 2 is 0.900 bits per heavy atom. The van der Waals surface area contributed by atoms with Crippen LogP contribution in [-0.4, -0.2) is 19.4 Å². The van der Waals surface area contributed by atoms with Crippen molar-refractivity contribution in [1.29, 1.82) is 0 Å². The SMILES string of the molecule is BrP(CCc1cccc(OCCCCOc2ccccc2)c1)(c1ccccc1)(c1ccccc1)c1ccccc1. The molecule has 0 amide bonds. The first-order valence-corrected chi connectivity index (χ1v) is 18.4. The quantitative estimate of drug-likeness (QED) is 0.0985. The number of aryl methyl sites for hydroxylation is 1. The molecule has 0 aliphatic heterocycles. The molecule has 0 aliphatic carbocycles. The molecule has 0 radical (unpaired) electrons. The number of benzene rings is 5. The van der Waals surface area contributed by atoms with Gasteiger partial charge in [0.25, 0.3) is 0 Å². The molecule has 0 heterocycles. The second kappa shape index (κ2) is 13.3. The third-order valence-electron chi connectivity index (χ3n) is 7.42. The zero-order chi connectivity index (χ0) is 27.5. The second-order valence-electron chi connectivity index (χ2n) is 10.0. The van der Waals surface area contributed by atoms with Crippen molar-refractivity contribution in [3.63, 3.8) is 0 Å². The van der Waals surface area contributed by atoms with Crippen LogP contribution in [-0.2, 0) is 6.42 Å². The fourth-order valence-corrected chi connectivity index (χ4v) is 12.7. The summed E-state index contributed by atoms with van der Waals surface area (Å²) >= 11 is 4.56. The summed E-state index contributed by atoms with van der Waals surface area (Å²) in [6, 6.07) is 51.5. The molecule has 0 atom stereocenters. The minimum absolute atomic E-state index is 0.678. The molecule has 0 aliphatic rings. The van der Waals surface area contributed by atoms with Crippen LogP contribution >= 0.6 is 20.8 Å². The Balaban J connectivity index is 1.32. The van der Waals surface area contributed by atoms with E-state index in [2.05, 4.69) is 131 Å². The van der Waals surface area contributed by atoms with Gasteiger partial charge in [0.2, 0.25) is 0 Å². The number of para-hydroxylation sites is 1. The summed E-state index contributed by atoms with van der Waals surface area (Å²) in [7, 11) is 0. The van der Waals surface area contributed by atoms with Gasteiger partial charge in [-0.2, -0.15) is 0 Å². The summed E-state index contributed by atoms with van der Waals surface area (Å²) in [5, 5.41) is 1.08. The Morgan fingerprint density at radius 3 is 1.40 bits per heavy atom. The summed E-state index contributed by atoms with van der Waals surface area (Å²) in [5.41, 5.74) is 1.28. The number of unbranched alkanes of at least 4 members (excludes halogenated alkanes) is 1. The molecule has 5 aromatic rings. The Labute approximate surface area is 246 Å². The zero-order valence-electron chi connectivity index (χ0n) is 22.7. The molecule has 40 heavy (non-hydrogen) atoms. The van der Waals surface area contributed by atoms with Gasteiger partial charge in [0, 0.05) is 0 Å². The Hall–Kier alpha value is -3.39. The van der Waals surface area contributed by atoms with E-state index in [1.54, 1.807) is 0 Å². The zero-order valence-corrected chi connectivity index (χ0v) is 25.2. The van der Waals surface area contributed by atoms with Crippen LogP contribution in [0.5, 0.6) is 11.5 Å². The van der Waals surface area contributed by atoms with Gasteiger partial charge < -0.3 is 0 Å². The van der Waals surface area contributed by atoms with Crippen molar-refractivity contribution in [3.8, 4) is 11.5 Å². The maximum absolute atomic E-state index is 6.15. The van der Waals surface area contributed by atoms with Gasteiger partial charge in [0.1, 0.15) is 0 Å². The molecule has 204 valence electrons. The molecule has 0 unspecified atom stereocenters. The van der Waals surface area contributed by atoms with Crippen LogP contribution in [0.1, 0.15) is 18.4 Å². The molecule has 0 fully saturated rings. The Kier molecular flexibility index (Phi) is 9.37. The first-order chi connectivity index (χ1) is 19.7. The van der Waals surface area contributed by atoms with E-state index in [0.717, 1.165) is 36.9 Å². The van der Waals surface area contributed by atoms with Crippen LogP contribution in [0.4, 0.5) is 0 Å². The number of rotatable bonds is 13. The standard InChI is InChI=1S/C36H36BrO2P/c37-40(34-20-7-2-8-21-34,35-22-9-3-10-23-35,36-24-11-4-12-25-36)29-26-31-16-15-19-33(30-31)39-28-14-13-27-38-32-17-5-1-6-18-32/h1-12,15-25,30H,13-14,26-29H2.